The Balaban J connectivity index is 2.11. The monoisotopic (exact) mass is 217 g/mol. The lowest BCUT2D eigenvalue weighted by molar-refractivity contribution is 0.194. The van der Waals surface area contributed by atoms with E-state index in [9.17, 15) is 5.11 Å². The molecule has 3 heteroatoms. The molecule has 0 radical (unpaired) electrons. The average Bonchev–Trinajstić information content (AvgIpc) is 2.70. The second kappa shape index (κ2) is 4.49. The fraction of sp³-hybridized carbons (Fsp3) is 0.308. The molecule has 0 fully saturated rings. The van der Waals surface area contributed by atoms with Crippen molar-refractivity contribution in [2.24, 2.45) is 0 Å². The Labute approximate surface area is 94.8 Å². The summed E-state index contributed by atoms with van der Waals surface area (Å²) in [5.74, 6) is 0.639. The van der Waals surface area contributed by atoms with Gasteiger partial charge < -0.3 is 9.52 Å². The molecule has 0 aliphatic heterocycles. The largest absolute Gasteiger partial charge is 0.448 e. The molecular formula is C13H15NO2. The van der Waals surface area contributed by atoms with E-state index in [1.165, 1.54) is 11.8 Å². The maximum atomic E-state index is 9.32. The predicted octanol–water partition coefficient (Wildman–Crippen LogP) is 2.63. The summed E-state index contributed by atoms with van der Waals surface area (Å²) in [4.78, 5) is 4.21. The molecule has 2 aromatic rings. The minimum absolute atomic E-state index is 0.574. The highest BCUT2D eigenvalue weighted by Crippen LogP contribution is 2.14. The Bertz CT molecular complexity index is 457. The third-order valence-corrected chi connectivity index (χ3v) is 2.47. The number of aryl methyl sites for hydroxylation is 1. The van der Waals surface area contributed by atoms with Crippen LogP contribution in [0.25, 0.3) is 0 Å². The van der Waals surface area contributed by atoms with Crippen molar-refractivity contribution in [2.75, 3.05) is 0 Å². The van der Waals surface area contributed by atoms with Crippen LogP contribution in [0.2, 0.25) is 0 Å². The van der Waals surface area contributed by atoms with Gasteiger partial charge in [-0.05, 0) is 19.4 Å². The van der Waals surface area contributed by atoms with E-state index in [-0.39, 0.29) is 0 Å². The lowest BCUT2D eigenvalue weighted by atomic mass is 10.1. The van der Waals surface area contributed by atoms with Gasteiger partial charge in [0.15, 0.2) is 5.89 Å². The molecule has 3 nitrogen and oxygen atoms in total. The highest BCUT2D eigenvalue weighted by atomic mass is 16.3. The molecule has 0 spiro atoms. The predicted molar refractivity (Wildman–Crippen MR) is 61.1 cm³/mol. The van der Waals surface area contributed by atoms with Crippen molar-refractivity contribution in [1.29, 1.82) is 0 Å². The van der Waals surface area contributed by atoms with Gasteiger partial charge in [0.1, 0.15) is 12.0 Å². The van der Waals surface area contributed by atoms with E-state index in [0.29, 0.717) is 18.0 Å². The SMILES string of the molecule is Cc1ccc(Cc2nc(C(C)O)co2)cc1. The minimum Gasteiger partial charge on any atom is -0.448 e. The first kappa shape index (κ1) is 10.9. The maximum Gasteiger partial charge on any atom is 0.198 e. The average molecular weight is 217 g/mol. The molecule has 0 saturated carbocycles. The van der Waals surface area contributed by atoms with Crippen LogP contribution in [0.3, 0.4) is 0 Å². The van der Waals surface area contributed by atoms with Crippen LogP contribution in [0.1, 0.15) is 35.7 Å². The molecule has 16 heavy (non-hydrogen) atoms. The quantitative estimate of drug-likeness (QED) is 0.859. The number of hydrogen-bond donors (Lipinski definition) is 1. The van der Waals surface area contributed by atoms with Gasteiger partial charge >= 0.3 is 0 Å². The third kappa shape index (κ3) is 2.49. The zero-order valence-corrected chi connectivity index (χ0v) is 9.47. The van der Waals surface area contributed by atoms with Gasteiger partial charge in [0.25, 0.3) is 0 Å². The van der Waals surface area contributed by atoms with Crippen molar-refractivity contribution >= 4 is 0 Å². The molecule has 84 valence electrons. The number of aliphatic hydroxyl groups excluding tert-OH is 1. The van der Waals surface area contributed by atoms with E-state index in [1.54, 1.807) is 6.92 Å². The number of aromatic nitrogens is 1. The summed E-state index contributed by atoms with van der Waals surface area (Å²) in [5, 5.41) is 9.32. The summed E-state index contributed by atoms with van der Waals surface area (Å²) in [6.07, 6.45) is 1.59. The molecule has 1 aromatic heterocycles. The standard InChI is InChI=1S/C13H15NO2/c1-9-3-5-11(6-4-9)7-13-14-12(8-16-13)10(2)15/h3-6,8,10,15H,7H2,1-2H3. The van der Waals surface area contributed by atoms with E-state index >= 15 is 0 Å². The number of benzene rings is 1. The Kier molecular flexibility index (Phi) is 3.06. The summed E-state index contributed by atoms with van der Waals surface area (Å²) in [6, 6.07) is 8.24. The van der Waals surface area contributed by atoms with Crippen molar-refractivity contribution in [3.63, 3.8) is 0 Å². The molecule has 2 rings (SSSR count). The third-order valence-electron chi connectivity index (χ3n) is 2.47. The number of hydrogen-bond acceptors (Lipinski definition) is 3. The first-order valence-electron chi connectivity index (χ1n) is 5.33. The van der Waals surface area contributed by atoms with Crippen LogP contribution in [0.4, 0.5) is 0 Å². The minimum atomic E-state index is -0.574. The molecule has 1 unspecified atom stereocenters. The summed E-state index contributed by atoms with van der Waals surface area (Å²) in [6.45, 7) is 3.73. The van der Waals surface area contributed by atoms with Crippen molar-refractivity contribution < 1.29 is 9.52 Å². The highest BCUT2D eigenvalue weighted by Gasteiger charge is 2.08. The van der Waals surface area contributed by atoms with Crippen LogP contribution >= 0.6 is 0 Å². The van der Waals surface area contributed by atoms with Gasteiger partial charge in [-0.15, -0.1) is 0 Å². The maximum absolute atomic E-state index is 9.32. The smallest absolute Gasteiger partial charge is 0.198 e. The number of oxazole rings is 1. The summed E-state index contributed by atoms with van der Waals surface area (Å²) in [5.41, 5.74) is 2.98. The van der Waals surface area contributed by atoms with Crippen molar-refractivity contribution in [3.05, 3.63) is 53.2 Å². The number of aliphatic hydroxyl groups is 1. The van der Waals surface area contributed by atoms with Gasteiger partial charge in [-0.3, -0.25) is 0 Å². The number of rotatable bonds is 3. The van der Waals surface area contributed by atoms with Crippen molar-refractivity contribution in [1.82, 2.24) is 4.98 Å². The normalized spacial score (nSPS) is 12.7. The second-order valence-electron chi connectivity index (χ2n) is 4.00. The molecule has 0 aliphatic carbocycles. The van der Waals surface area contributed by atoms with Crippen LogP contribution < -0.4 is 0 Å². The Morgan fingerprint density at radius 1 is 1.31 bits per heavy atom. The van der Waals surface area contributed by atoms with Crippen LogP contribution in [0.5, 0.6) is 0 Å². The van der Waals surface area contributed by atoms with E-state index in [0.717, 1.165) is 5.56 Å². The molecule has 1 aromatic carbocycles. The van der Waals surface area contributed by atoms with E-state index in [4.69, 9.17) is 4.42 Å². The molecule has 0 amide bonds. The number of nitrogens with zero attached hydrogens (tertiary/aromatic N) is 1. The molecular weight excluding hydrogens is 202 g/mol. The molecule has 0 saturated heterocycles. The first-order valence-corrected chi connectivity index (χ1v) is 5.33. The van der Waals surface area contributed by atoms with Gasteiger partial charge in [-0.2, -0.15) is 0 Å². The topological polar surface area (TPSA) is 46.3 Å². The molecule has 0 bridgehead atoms. The molecule has 1 atom stereocenters. The van der Waals surface area contributed by atoms with Gasteiger partial charge in [0.2, 0.25) is 0 Å². The Morgan fingerprint density at radius 2 is 2.00 bits per heavy atom. The van der Waals surface area contributed by atoms with Gasteiger partial charge in [0, 0.05) is 6.42 Å². The second-order valence-corrected chi connectivity index (χ2v) is 4.00. The van der Waals surface area contributed by atoms with Crippen molar-refractivity contribution in [2.45, 2.75) is 26.4 Å². The summed E-state index contributed by atoms with van der Waals surface area (Å²) < 4.78 is 5.29. The van der Waals surface area contributed by atoms with Gasteiger partial charge in [-0.1, -0.05) is 29.8 Å². The molecule has 1 N–H and O–H groups in total. The lowest BCUT2D eigenvalue weighted by Gasteiger charge is -1.98. The highest BCUT2D eigenvalue weighted by molar-refractivity contribution is 5.23. The van der Waals surface area contributed by atoms with Gasteiger partial charge in [-0.25, -0.2) is 4.98 Å². The first-order chi connectivity index (χ1) is 7.65. The van der Waals surface area contributed by atoms with E-state index < -0.39 is 6.10 Å². The van der Waals surface area contributed by atoms with Crippen LogP contribution in [-0.4, -0.2) is 10.1 Å². The van der Waals surface area contributed by atoms with Gasteiger partial charge in [0.05, 0.1) is 6.10 Å². The Morgan fingerprint density at radius 3 is 2.56 bits per heavy atom. The molecule has 1 heterocycles. The summed E-state index contributed by atoms with van der Waals surface area (Å²) in [7, 11) is 0. The van der Waals surface area contributed by atoms with Crippen LogP contribution in [-0.2, 0) is 6.42 Å². The van der Waals surface area contributed by atoms with Crippen LogP contribution in [0, 0.1) is 6.92 Å². The molecule has 0 aliphatic rings. The zero-order valence-electron chi connectivity index (χ0n) is 9.47. The van der Waals surface area contributed by atoms with Crippen LogP contribution in [0.15, 0.2) is 34.9 Å². The Hall–Kier alpha value is -1.61. The summed E-state index contributed by atoms with van der Waals surface area (Å²) >= 11 is 0. The van der Waals surface area contributed by atoms with E-state index in [2.05, 4.69) is 36.2 Å². The fourth-order valence-corrected chi connectivity index (χ4v) is 1.48. The fourth-order valence-electron chi connectivity index (χ4n) is 1.48. The van der Waals surface area contributed by atoms with E-state index in [1.807, 2.05) is 0 Å². The zero-order chi connectivity index (χ0) is 11.5. The van der Waals surface area contributed by atoms with Crippen molar-refractivity contribution in [3.8, 4) is 0 Å². The lowest BCUT2D eigenvalue weighted by Crippen LogP contribution is -1.93.